The van der Waals surface area contributed by atoms with Crippen LogP contribution in [0.15, 0.2) is 60.7 Å². The Labute approximate surface area is 139 Å². The lowest BCUT2D eigenvalue weighted by molar-refractivity contribution is -0.121. The second-order valence-electron chi connectivity index (χ2n) is 4.95. The summed E-state index contributed by atoms with van der Waals surface area (Å²) in [6, 6.07) is 15.5. The highest BCUT2D eigenvalue weighted by Gasteiger charge is 2.05. The van der Waals surface area contributed by atoms with Crippen molar-refractivity contribution < 1.29 is 14.4 Å². The van der Waals surface area contributed by atoms with Crippen molar-refractivity contribution in [2.75, 3.05) is 11.9 Å². The van der Waals surface area contributed by atoms with Crippen molar-refractivity contribution in [3.63, 3.8) is 0 Å². The molecule has 0 spiro atoms. The highest BCUT2D eigenvalue weighted by Crippen LogP contribution is 2.08. The van der Waals surface area contributed by atoms with Crippen molar-refractivity contribution in [1.29, 1.82) is 0 Å². The van der Waals surface area contributed by atoms with Crippen LogP contribution in [0.4, 0.5) is 5.69 Å². The van der Waals surface area contributed by atoms with Crippen LogP contribution in [0.1, 0.15) is 15.9 Å². The van der Waals surface area contributed by atoms with E-state index < -0.39 is 5.91 Å². The molecule has 0 radical (unpaired) electrons. The van der Waals surface area contributed by atoms with Crippen LogP contribution in [0.2, 0.25) is 0 Å². The molecule has 4 N–H and O–H groups in total. The predicted octanol–water partition coefficient (Wildman–Crippen LogP) is 1.55. The van der Waals surface area contributed by atoms with Crippen LogP contribution in [0, 0.1) is 0 Å². The lowest BCUT2D eigenvalue weighted by Gasteiger charge is -2.06. The Balaban J connectivity index is 1.79. The lowest BCUT2D eigenvalue weighted by Crippen LogP contribution is -2.31. The lowest BCUT2D eigenvalue weighted by atomic mass is 10.2. The number of rotatable bonds is 6. The minimum atomic E-state index is -0.537. The number of anilines is 1. The molecule has 2 aromatic carbocycles. The zero-order valence-corrected chi connectivity index (χ0v) is 12.9. The number of amides is 3. The molecule has 24 heavy (non-hydrogen) atoms. The van der Waals surface area contributed by atoms with E-state index in [1.54, 1.807) is 18.2 Å². The molecule has 6 nitrogen and oxygen atoms in total. The number of carbonyl (C=O) groups is 3. The molecule has 0 aliphatic carbocycles. The van der Waals surface area contributed by atoms with E-state index in [9.17, 15) is 14.4 Å². The van der Waals surface area contributed by atoms with Gasteiger partial charge >= 0.3 is 0 Å². The van der Waals surface area contributed by atoms with Crippen molar-refractivity contribution in [2.45, 2.75) is 0 Å². The summed E-state index contributed by atoms with van der Waals surface area (Å²) in [5.74, 6) is -1.27. The molecule has 0 saturated carbocycles. The van der Waals surface area contributed by atoms with E-state index in [0.29, 0.717) is 11.3 Å². The van der Waals surface area contributed by atoms with Gasteiger partial charge in [-0.3, -0.25) is 14.4 Å². The first-order valence-electron chi connectivity index (χ1n) is 7.25. The maximum atomic E-state index is 11.8. The quantitative estimate of drug-likeness (QED) is 0.703. The first-order valence-corrected chi connectivity index (χ1v) is 7.25. The molecule has 0 bridgehead atoms. The fourth-order valence-electron chi connectivity index (χ4n) is 1.89. The summed E-state index contributed by atoms with van der Waals surface area (Å²) < 4.78 is 0. The Morgan fingerprint density at radius 1 is 0.958 bits per heavy atom. The third kappa shape index (κ3) is 5.42. The van der Waals surface area contributed by atoms with E-state index in [1.807, 2.05) is 30.3 Å². The minimum absolute atomic E-state index is 0.157. The molecule has 0 aliphatic rings. The molecular formula is C18H17N3O3. The average molecular weight is 323 g/mol. The number of carbonyl (C=O) groups excluding carboxylic acids is 3. The third-order valence-corrected chi connectivity index (χ3v) is 3.10. The molecule has 0 saturated heterocycles. The largest absolute Gasteiger partial charge is 0.366 e. The van der Waals surface area contributed by atoms with Gasteiger partial charge in [-0.2, -0.15) is 0 Å². The Hall–Kier alpha value is -3.41. The molecule has 0 aromatic heterocycles. The molecule has 3 amide bonds. The van der Waals surface area contributed by atoms with Gasteiger partial charge in [0.15, 0.2) is 0 Å². The first-order chi connectivity index (χ1) is 11.5. The maximum Gasteiger partial charge on any atom is 0.248 e. The van der Waals surface area contributed by atoms with Crippen LogP contribution < -0.4 is 16.4 Å². The van der Waals surface area contributed by atoms with Gasteiger partial charge in [0.25, 0.3) is 0 Å². The predicted molar refractivity (Wildman–Crippen MR) is 92.1 cm³/mol. The van der Waals surface area contributed by atoms with Gasteiger partial charge in [-0.05, 0) is 35.9 Å². The highest BCUT2D eigenvalue weighted by atomic mass is 16.2. The molecular weight excluding hydrogens is 306 g/mol. The fraction of sp³-hybridized carbons (Fsp3) is 0.0556. The van der Waals surface area contributed by atoms with E-state index in [4.69, 9.17) is 5.73 Å². The van der Waals surface area contributed by atoms with Gasteiger partial charge in [-0.1, -0.05) is 30.3 Å². The summed E-state index contributed by atoms with van der Waals surface area (Å²) in [6.45, 7) is -0.157. The normalized spacial score (nSPS) is 10.3. The summed E-state index contributed by atoms with van der Waals surface area (Å²) in [7, 11) is 0. The molecule has 2 aromatic rings. The summed E-state index contributed by atoms with van der Waals surface area (Å²) in [5, 5.41) is 5.10. The maximum absolute atomic E-state index is 11.8. The van der Waals surface area contributed by atoms with E-state index in [-0.39, 0.29) is 18.4 Å². The number of benzene rings is 2. The van der Waals surface area contributed by atoms with Crippen molar-refractivity contribution in [3.8, 4) is 0 Å². The van der Waals surface area contributed by atoms with Crippen LogP contribution >= 0.6 is 0 Å². The Bertz CT molecular complexity index is 753. The monoisotopic (exact) mass is 323 g/mol. The molecule has 0 unspecified atom stereocenters. The summed E-state index contributed by atoms with van der Waals surface area (Å²) in [4.78, 5) is 34.4. The smallest absolute Gasteiger partial charge is 0.248 e. The highest BCUT2D eigenvalue weighted by molar-refractivity contribution is 5.98. The minimum Gasteiger partial charge on any atom is -0.366 e. The zero-order chi connectivity index (χ0) is 17.4. The number of nitrogens with two attached hydrogens (primary N) is 1. The van der Waals surface area contributed by atoms with Gasteiger partial charge in [-0.15, -0.1) is 0 Å². The summed E-state index contributed by atoms with van der Waals surface area (Å²) in [6.07, 6.45) is 3.03. The van der Waals surface area contributed by atoms with Gasteiger partial charge in [0.1, 0.15) is 0 Å². The zero-order valence-electron chi connectivity index (χ0n) is 12.9. The van der Waals surface area contributed by atoms with E-state index in [1.165, 1.54) is 18.2 Å². The number of primary amides is 1. The van der Waals surface area contributed by atoms with Crippen molar-refractivity contribution in [3.05, 3.63) is 71.8 Å². The summed E-state index contributed by atoms with van der Waals surface area (Å²) >= 11 is 0. The van der Waals surface area contributed by atoms with Crippen molar-refractivity contribution in [2.24, 2.45) is 5.73 Å². The Morgan fingerprint density at radius 2 is 1.62 bits per heavy atom. The van der Waals surface area contributed by atoms with E-state index in [0.717, 1.165) is 5.56 Å². The van der Waals surface area contributed by atoms with Gasteiger partial charge in [0.2, 0.25) is 17.7 Å². The van der Waals surface area contributed by atoms with Gasteiger partial charge in [0.05, 0.1) is 6.54 Å². The van der Waals surface area contributed by atoms with Crippen molar-refractivity contribution >= 4 is 29.5 Å². The second kappa shape index (κ2) is 8.28. The fourth-order valence-corrected chi connectivity index (χ4v) is 1.89. The van der Waals surface area contributed by atoms with Crippen LogP contribution in [-0.2, 0) is 9.59 Å². The molecule has 2 rings (SSSR count). The molecule has 0 heterocycles. The van der Waals surface area contributed by atoms with Crippen LogP contribution in [0.5, 0.6) is 0 Å². The average Bonchev–Trinajstić information content (AvgIpc) is 2.59. The molecule has 0 atom stereocenters. The van der Waals surface area contributed by atoms with Gasteiger partial charge in [0, 0.05) is 17.3 Å². The Morgan fingerprint density at radius 3 is 2.25 bits per heavy atom. The van der Waals surface area contributed by atoms with E-state index in [2.05, 4.69) is 10.6 Å². The van der Waals surface area contributed by atoms with Gasteiger partial charge < -0.3 is 16.4 Å². The number of hydrogen-bond acceptors (Lipinski definition) is 3. The SMILES string of the molecule is NC(=O)c1ccc(NC(=O)CNC(=O)/C=C/c2ccccc2)cc1. The number of hydrogen-bond donors (Lipinski definition) is 3. The first kappa shape index (κ1) is 17.0. The van der Waals surface area contributed by atoms with E-state index >= 15 is 0 Å². The van der Waals surface area contributed by atoms with Crippen molar-refractivity contribution in [1.82, 2.24) is 5.32 Å². The van der Waals surface area contributed by atoms with Gasteiger partial charge in [-0.25, -0.2) is 0 Å². The molecule has 0 aliphatic heterocycles. The Kier molecular flexibility index (Phi) is 5.85. The molecule has 6 heteroatoms. The topological polar surface area (TPSA) is 101 Å². The molecule has 0 fully saturated rings. The van der Waals surface area contributed by atoms with Crippen LogP contribution in [0.25, 0.3) is 6.08 Å². The molecule has 122 valence electrons. The second-order valence-corrected chi connectivity index (χ2v) is 4.95. The van der Waals surface area contributed by atoms with Crippen LogP contribution in [-0.4, -0.2) is 24.3 Å². The third-order valence-electron chi connectivity index (χ3n) is 3.10. The summed E-state index contributed by atoms with van der Waals surface area (Å²) in [5.41, 5.74) is 6.90. The van der Waals surface area contributed by atoms with Crippen LogP contribution in [0.3, 0.4) is 0 Å². The number of nitrogens with one attached hydrogen (secondary N) is 2. The standard InChI is InChI=1S/C18H17N3O3/c19-18(24)14-7-9-15(10-8-14)21-17(23)12-20-16(22)11-6-13-4-2-1-3-5-13/h1-11H,12H2,(H2,19,24)(H,20,22)(H,21,23)/b11-6+.